The Morgan fingerprint density at radius 1 is 1.28 bits per heavy atom. The molecule has 2 unspecified atom stereocenters. The van der Waals surface area contributed by atoms with Crippen molar-refractivity contribution in [2.75, 3.05) is 0 Å². The minimum Gasteiger partial charge on any atom is -0.310 e. The van der Waals surface area contributed by atoms with Crippen LogP contribution >= 0.6 is 15.9 Å². The number of nitrogens with one attached hydrogen (secondary N) is 1. The van der Waals surface area contributed by atoms with E-state index in [4.69, 9.17) is 0 Å². The number of rotatable bonds is 3. The van der Waals surface area contributed by atoms with Gasteiger partial charge in [0.1, 0.15) is 5.82 Å². The number of hydrogen-bond acceptors (Lipinski definition) is 1. The summed E-state index contributed by atoms with van der Waals surface area (Å²) in [6.07, 6.45) is 6.53. The van der Waals surface area contributed by atoms with Gasteiger partial charge in [-0.1, -0.05) is 41.8 Å². The maximum absolute atomic E-state index is 13.0. The van der Waals surface area contributed by atoms with E-state index in [-0.39, 0.29) is 5.82 Å². The second kappa shape index (κ2) is 6.67. The Bertz CT molecular complexity index is 394. The Labute approximate surface area is 117 Å². The summed E-state index contributed by atoms with van der Waals surface area (Å²) in [6.45, 7) is 3.17. The van der Waals surface area contributed by atoms with Crippen molar-refractivity contribution in [1.29, 1.82) is 0 Å². The highest BCUT2D eigenvalue weighted by Gasteiger charge is 2.15. The molecule has 3 heteroatoms. The van der Waals surface area contributed by atoms with Gasteiger partial charge in [0.15, 0.2) is 0 Å². The standard InChI is InChI=1S/C15H21BrFN/c1-11-3-2-4-14(8-5-11)18-10-12-6-7-13(17)9-15(12)16/h6-7,9,11,14,18H,2-5,8,10H2,1H3. The van der Waals surface area contributed by atoms with Crippen molar-refractivity contribution in [2.45, 2.75) is 51.6 Å². The molecule has 2 atom stereocenters. The summed E-state index contributed by atoms with van der Waals surface area (Å²) in [5.41, 5.74) is 1.13. The van der Waals surface area contributed by atoms with Crippen LogP contribution in [0, 0.1) is 11.7 Å². The first-order chi connectivity index (χ1) is 8.65. The normalized spacial score (nSPS) is 24.8. The lowest BCUT2D eigenvalue weighted by Crippen LogP contribution is -2.28. The van der Waals surface area contributed by atoms with E-state index in [1.165, 1.54) is 44.2 Å². The van der Waals surface area contributed by atoms with Crippen LogP contribution in [0.15, 0.2) is 22.7 Å². The van der Waals surface area contributed by atoms with Gasteiger partial charge in [-0.3, -0.25) is 0 Å². The smallest absolute Gasteiger partial charge is 0.124 e. The molecule has 0 heterocycles. The zero-order valence-electron chi connectivity index (χ0n) is 10.9. The molecule has 0 saturated heterocycles. The topological polar surface area (TPSA) is 12.0 Å². The van der Waals surface area contributed by atoms with Crippen molar-refractivity contribution in [2.24, 2.45) is 5.92 Å². The Morgan fingerprint density at radius 3 is 2.89 bits per heavy atom. The van der Waals surface area contributed by atoms with Gasteiger partial charge in [0.2, 0.25) is 0 Å². The second-order valence-electron chi connectivity index (χ2n) is 5.43. The Balaban J connectivity index is 1.87. The molecule has 2 rings (SSSR count). The van der Waals surface area contributed by atoms with Gasteiger partial charge < -0.3 is 5.32 Å². The third-order valence-electron chi connectivity index (χ3n) is 3.85. The van der Waals surface area contributed by atoms with Gasteiger partial charge in [0, 0.05) is 17.1 Å². The fourth-order valence-corrected chi connectivity index (χ4v) is 3.10. The predicted octanol–water partition coefficient (Wildman–Crippen LogP) is 4.65. The SMILES string of the molecule is CC1CCCC(NCc2ccc(F)cc2Br)CC1. The highest BCUT2D eigenvalue weighted by molar-refractivity contribution is 9.10. The summed E-state index contributed by atoms with van der Waals surface area (Å²) in [7, 11) is 0. The average molecular weight is 314 g/mol. The molecule has 1 N–H and O–H groups in total. The minimum atomic E-state index is -0.186. The van der Waals surface area contributed by atoms with E-state index in [2.05, 4.69) is 28.2 Å². The Morgan fingerprint density at radius 2 is 2.11 bits per heavy atom. The summed E-state index contributed by atoms with van der Waals surface area (Å²) in [6, 6.07) is 5.53. The van der Waals surface area contributed by atoms with Crippen LogP contribution in [0.2, 0.25) is 0 Å². The summed E-state index contributed by atoms with van der Waals surface area (Å²) < 4.78 is 13.8. The minimum absolute atomic E-state index is 0.186. The van der Waals surface area contributed by atoms with Gasteiger partial charge >= 0.3 is 0 Å². The monoisotopic (exact) mass is 313 g/mol. The zero-order valence-corrected chi connectivity index (χ0v) is 12.5. The molecule has 1 saturated carbocycles. The van der Waals surface area contributed by atoms with E-state index in [1.807, 2.05) is 6.07 Å². The van der Waals surface area contributed by atoms with E-state index < -0.39 is 0 Å². The highest BCUT2D eigenvalue weighted by Crippen LogP contribution is 2.23. The molecule has 0 aromatic heterocycles. The molecular weight excluding hydrogens is 293 g/mol. The summed E-state index contributed by atoms with van der Waals surface area (Å²) in [4.78, 5) is 0. The predicted molar refractivity (Wildman–Crippen MR) is 77.0 cm³/mol. The van der Waals surface area contributed by atoms with Gasteiger partial charge in [-0.05, 0) is 42.9 Å². The zero-order chi connectivity index (χ0) is 13.0. The van der Waals surface area contributed by atoms with Gasteiger partial charge in [0.25, 0.3) is 0 Å². The van der Waals surface area contributed by atoms with Crippen LogP contribution in [-0.2, 0) is 6.54 Å². The molecule has 0 aliphatic heterocycles. The maximum Gasteiger partial charge on any atom is 0.124 e. The molecule has 1 aliphatic carbocycles. The third kappa shape index (κ3) is 4.06. The van der Waals surface area contributed by atoms with Gasteiger partial charge in [0.05, 0.1) is 0 Å². The van der Waals surface area contributed by atoms with Crippen LogP contribution in [0.1, 0.15) is 44.6 Å². The molecule has 0 radical (unpaired) electrons. The first-order valence-corrected chi connectivity index (χ1v) is 7.62. The Kier molecular flexibility index (Phi) is 5.19. The quantitative estimate of drug-likeness (QED) is 0.801. The summed E-state index contributed by atoms with van der Waals surface area (Å²) in [5, 5.41) is 3.61. The number of hydrogen-bond donors (Lipinski definition) is 1. The first kappa shape index (κ1) is 14.0. The lowest BCUT2D eigenvalue weighted by Gasteiger charge is -2.17. The number of benzene rings is 1. The highest BCUT2D eigenvalue weighted by atomic mass is 79.9. The van der Waals surface area contributed by atoms with Crippen molar-refractivity contribution in [3.05, 3.63) is 34.1 Å². The van der Waals surface area contributed by atoms with Crippen LogP contribution in [-0.4, -0.2) is 6.04 Å². The van der Waals surface area contributed by atoms with Crippen LogP contribution in [0.4, 0.5) is 4.39 Å². The van der Waals surface area contributed by atoms with Crippen molar-refractivity contribution < 1.29 is 4.39 Å². The van der Waals surface area contributed by atoms with Crippen LogP contribution < -0.4 is 5.32 Å². The van der Waals surface area contributed by atoms with E-state index in [1.54, 1.807) is 0 Å². The van der Waals surface area contributed by atoms with Crippen LogP contribution in [0.25, 0.3) is 0 Å². The van der Waals surface area contributed by atoms with Gasteiger partial charge in [-0.2, -0.15) is 0 Å². The van der Waals surface area contributed by atoms with Gasteiger partial charge in [-0.15, -0.1) is 0 Å². The number of halogens is 2. The third-order valence-corrected chi connectivity index (χ3v) is 4.59. The molecule has 1 aliphatic rings. The van der Waals surface area contributed by atoms with E-state index >= 15 is 0 Å². The molecule has 1 aromatic carbocycles. The van der Waals surface area contributed by atoms with Crippen LogP contribution in [0.5, 0.6) is 0 Å². The maximum atomic E-state index is 13.0. The van der Waals surface area contributed by atoms with E-state index in [0.717, 1.165) is 22.5 Å². The molecule has 1 nitrogen and oxygen atoms in total. The lowest BCUT2D eigenvalue weighted by molar-refractivity contribution is 0.447. The van der Waals surface area contributed by atoms with Crippen molar-refractivity contribution in [3.63, 3.8) is 0 Å². The van der Waals surface area contributed by atoms with Crippen LogP contribution in [0.3, 0.4) is 0 Å². The lowest BCUT2D eigenvalue weighted by atomic mass is 10.0. The average Bonchev–Trinajstić information content (AvgIpc) is 2.53. The van der Waals surface area contributed by atoms with E-state index in [9.17, 15) is 4.39 Å². The largest absolute Gasteiger partial charge is 0.310 e. The molecule has 100 valence electrons. The first-order valence-electron chi connectivity index (χ1n) is 6.82. The fourth-order valence-electron chi connectivity index (χ4n) is 2.61. The second-order valence-corrected chi connectivity index (χ2v) is 6.28. The van der Waals surface area contributed by atoms with Gasteiger partial charge in [-0.25, -0.2) is 4.39 Å². The van der Waals surface area contributed by atoms with Crippen molar-refractivity contribution in [1.82, 2.24) is 5.32 Å². The Hall–Kier alpha value is -0.410. The fraction of sp³-hybridized carbons (Fsp3) is 0.600. The molecule has 0 bridgehead atoms. The van der Waals surface area contributed by atoms with Crippen molar-refractivity contribution >= 4 is 15.9 Å². The van der Waals surface area contributed by atoms with E-state index in [0.29, 0.717) is 6.04 Å². The molecule has 0 amide bonds. The molecule has 1 aromatic rings. The summed E-state index contributed by atoms with van der Waals surface area (Å²) in [5.74, 6) is 0.684. The molecule has 18 heavy (non-hydrogen) atoms. The molecular formula is C15H21BrFN. The molecule has 1 fully saturated rings. The summed E-state index contributed by atoms with van der Waals surface area (Å²) >= 11 is 3.42. The molecule has 0 spiro atoms. The van der Waals surface area contributed by atoms with Crippen molar-refractivity contribution in [3.8, 4) is 0 Å².